The second-order valence-electron chi connectivity index (χ2n) is 6.59. The standard InChI is InChI=1S/C19H25N3O2/c1-4-21(11-15-10-20-22(12-15)14(2)3)19(23)17-9-16-7-5-6-8-18(16)24-13-17/h5-8,10,12,14,17H,4,9,11,13H2,1-3H3. The van der Waals surface area contributed by atoms with Crippen LogP contribution in [-0.4, -0.2) is 33.7 Å². The molecule has 1 aliphatic heterocycles. The lowest BCUT2D eigenvalue weighted by Crippen LogP contribution is -2.40. The van der Waals surface area contributed by atoms with Gasteiger partial charge in [0.1, 0.15) is 12.4 Å². The number of hydrogen-bond donors (Lipinski definition) is 0. The van der Waals surface area contributed by atoms with Gasteiger partial charge in [-0.15, -0.1) is 0 Å². The van der Waals surface area contributed by atoms with Crippen LogP contribution in [0.5, 0.6) is 5.75 Å². The minimum absolute atomic E-state index is 0.111. The Hall–Kier alpha value is -2.30. The van der Waals surface area contributed by atoms with Crippen molar-refractivity contribution in [2.24, 2.45) is 5.92 Å². The number of rotatable bonds is 5. The van der Waals surface area contributed by atoms with Crippen LogP contribution < -0.4 is 4.74 Å². The summed E-state index contributed by atoms with van der Waals surface area (Å²) in [6.45, 7) is 7.94. The van der Waals surface area contributed by atoms with Gasteiger partial charge in [0.2, 0.25) is 5.91 Å². The first-order chi connectivity index (χ1) is 11.6. The van der Waals surface area contributed by atoms with Gasteiger partial charge in [-0.2, -0.15) is 5.10 Å². The van der Waals surface area contributed by atoms with Crippen LogP contribution in [0.2, 0.25) is 0 Å². The van der Waals surface area contributed by atoms with Gasteiger partial charge >= 0.3 is 0 Å². The summed E-state index contributed by atoms with van der Waals surface area (Å²) in [5, 5.41) is 4.36. The Balaban J connectivity index is 1.68. The maximum absolute atomic E-state index is 12.9. The maximum atomic E-state index is 12.9. The zero-order valence-electron chi connectivity index (χ0n) is 14.6. The maximum Gasteiger partial charge on any atom is 0.229 e. The number of fused-ring (bicyclic) bond motifs is 1. The molecule has 1 aromatic heterocycles. The molecule has 0 spiro atoms. The molecule has 0 saturated heterocycles. The van der Waals surface area contributed by atoms with E-state index in [4.69, 9.17) is 4.74 Å². The van der Waals surface area contributed by atoms with Crippen LogP contribution in [0.4, 0.5) is 0 Å². The molecule has 0 saturated carbocycles. The van der Waals surface area contributed by atoms with Gasteiger partial charge in [0, 0.05) is 30.9 Å². The zero-order valence-corrected chi connectivity index (χ0v) is 14.6. The summed E-state index contributed by atoms with van der Waals surface area (Å²) in [4.78, 5) is 14.8. The molecule has 2 heterocycles. The van der Waals surface area contributed by atoms with E-state index in [0.29, 0.717) is 25.7 Å². The van der Waals surface area contributed by atoms with E-state index in [9.17, 15) is 4.79 Å². The molecule has 1 unspecified atom stereocenters. The van der Waals surface area contributed by atoms with Crippen LogP contribution in [0, 0.1) is 5.92 Å². The number of nitrogens with zero attached hydrogens (tertiary/aromatic N) is 3. The Morgan fingerprint density at radius 2 is 2.21 bits per heavy atom. The third kappa shape index (κ3) is 3.45. The lowest BCUT2D eigenvalue weighted by Gasteiger charge is -2.29. The highest BCUT2D eigenvalue weighted by molar-refractivity contribution is 5.79. The van der Waals surface area contributed by atoms with Gasteiger partial charge in [0.05, 0.1) is 12.1 Å². The van der Waals surface area contributed by atoms with Crippen LogP contribution in [0.1, 0.15) is 37.9 Å². The van der Waals surface area contributed by atoms with E-state index in [0.717, 1.165) is 23.3 Å². The first-order valence-corrected chi connectivity index (χ1v) is 8.61. The van der Waals surface area contributed by atoms with Crippen LogP contribution in [-0.2, 0) is 17.8 Å². The largest absolute Gasteiger partial charge is 0.492 e. The van der Waals surface area contributed by atoms with Crippen molar-refractivity contribution in [1.82, 2.24) is 14.7 Å². The van der Waals surface area contributed by atoms with Gasteiger partial charge in [0.15, 0.2) is 0 Å². The Bertz CT molecular complexity index is 708. The minimum Gasteiger partial charge on any atom is -0.492 e. The molecule has 5 nitrogen and oxygen atoms in total. The van der Waals surface area contributed by atoms with Crippen molar-refractivity contribution in [3.05, 3.63) is 47.8 Å². The van der Waals surface area contributed by atoms with E-state index in [1.54, 1.807) is 0 Å². The summed E-state index contributed by atoms with van der Waals surface area (Å²) in [6, 6.07) is 8.29. The molecule has 0 bridgehead atoms. The van der Waals surface area contributed by atoms with Crippen molar-refractivity contribution < 1.29 is 9.53 Å². The molecule has 0 radical (unpaired) electrons. The number of benzene rings is 1. The van der Waals surface area contributed by atoms with E-state index in [2.05, 4.69) is 18.9 Å². The quantitative estimate of drug-likeness (QED) is 0.848. The summed E-state index contributed by atoms with van der Waals surface area (Å²) < 4.78 is 7.70. The Kier molecular flexibility index (Phi) is 4.88. The molecule has 1 atom stereocenters. The van der Waals surface area contributed by atoms with Gasteiger partial charge in [-0.1, -0.05) is 18.2 Å². The lowest BCUT2D eigenvalue weighted by molar-refractivity contribution is -0.137. The summed E-state index contributed by atoms with van der Waals surface area (Å²) in [7, 11) is 0. The van der Waals surface area contributed by atoms with Crippen molar-refractivity contribution in [2.75, 3.05) is 13.2 Å². The molecule has 3 rings (SSSR count). The average Bonchev–Trinajstić information content (AvgIpc) is 3.07. The average molecular weight is 327 g/mol. The molecule has 0 N–H and O–H groups in total. The Morgan fingerprint density at radius 3 is 2.92 bits per heavy atom. The number of carbonyl (C=O) groups excluding carboxylic acids is 1. The number of amides is 1. The molecule has 2 aromatic rings. The van der Waals surface area contributed by atoms with Crippen LogP contribution >= 0.6 is 0 Å². The first-order valence-electron chi connectivity index (χ1n) is 8.61. The predicted octanol–water partition coefficient (Wildman–Crippen LogP) is 3.06. The smallest absolute Gasteiger partial charge is 0.229 e. The third-order valence-electron chi connectivity index (χ3n) is 4.48. The van der Waals surface area contributed by atoms with E-state index < -0.39 is 0 Å². The van der Waals surface area contributed by atoms with Crippen molar-refractivity contribution >= 4 is 5.91 Å². The molecular weight excluding hydrogens is 302 g/mol. The zero-order chi connectivity index (χ0) is 17.1. The van der Waals surface area contributed by atoms with Gasteiger partial charge in [-0.3, -0.25) is 9.48 Å². The molecule has 5 heteroatoms. The SMILES string of the molecule is CCN(Cc1cnn(C(C)C)c1)C(=O)C1COc2ccccc2C1. The van der Waals surface area contributed by atoms with Gasteiger partial charge in [0.25, 0.3) is 0 Å². The highest BCUT2D eigenvalue weighted by Gasteiger charge is 2.29. The minimum atomic E-state index is -0.111. The summed E-state index contributed by atoms with van der Waals surface area (Å²) in [5.74, 6) is 0.951. The molecule has 0 aliphatic carbocycles. The van der Waals surface area contributed by atoms with Gasteiger partial charge in [-0.05, 0) is 38.8 Å². The van der Waals surface area contributed by atoms with Crippen LogP contribution in [0.15, 0.2) is 36.7 Å². The van der Waals surface area contributed by atoms with E-state index in [-0.39, 0.29) is 11.8 Å². The fourth-order valence-corrected chi connectivity index (χ4v) is 3.05. The molecule has 128 valence electrons. The van der Waals surface area contributed by atoms with E-state index >= 15 is 0 Å². The predicted molar refractivity (Wildman–Crippen MR) is 92.8 cm³/mol. The normalized spacial score (nSPS) is 16.6. The molecule has 0 fully saturated rings. The number of para-hydroxylation sites is 1. The summed E-state index contributed by atoms with van der Waals surface area (Å²) in [5.41, 5.74) is 2.18. The lowest BCUT2D eigenvalue weighted by atomic mass is 9.95. The monoisotopic (exact) mass is 327 g/mol. The number of aromatic nitrogens is 2. The van der Waals surface area contributed by atoms with Gasteiger partial charge in [-0.25, -0.2) is 0 Å². The van der Waals surface area contributed by atoms with Crippen molar-refractivity contribution in [3.63, 3.8) is 0 Å². The second-order valence-corrected chi connectivity index (χ2v) is 6.59. The Morgan fingerprint density at radius 1 is 1.42 bits per heavy atom. The van der Waals surface area contributed by atoms with Crippen LogP contribution in [0.3, 0.4) is 0 Å². The molecule has 1 amide bonds. The van der Waals surface area contributed by atoms with Crippen molar-refractivity contribution in [2.45, 2.75) is 39.8 Å². The third-order valence-corrected chi connectivity index (χ3v) is 4.48. The number of carbonyl (C=O) groups is 1. The highest BCUT2D eigenvalue weighted by atomic mass is 16.5. The molecular formula is C19H25N3O2. The summed E-state index contributed by atoms with van der Waals surface area (Å²) in [6.07, 6.45) is 4.62. The Labute approximate surface area is 143 Å². The molecule has 1 aliphatic rings. The number of hydrogen-bond acceptors (Lipinski definition) is 3. The number of ether oxygens (including phenoxy) is 1. The van der Waals surface area contributed by atoms with E-state index in [1.807, 2.05) is 53.2 Å². The van der Waals surface area contributed by atoms with Crippen molar-refractivity contribution in [3.8, 4) is 5.75 Å². The topological polar surface area (TPSA) is 47.4 Å². The fraction of sp³-hybridized carbons (Fsp3) is 0.474. The van der Waals surface area contributed by atoms with E-state index in [1.165, 1.54) is 0 Å². The molecule has 1 aromatic carbocycles. The van der Waals surface area contributed by atoms with Gasteiger partial charge < -0.3 is 9.64 Å². The van der Waals surface area contributed by atoms with Crippen molar-refractivity contribution in [1.29, 1.82) is 0 Å². The second kappa shape index (κ2) is 7.07. The highest BCUT2D eigenvalue weighted by Crippen LogP contribution is 2.28. The van der Waals surface area contributed by atoms with Crippen LogP contribution in [0.25, 0.3) is 0 Å². The fourth-order valence-electron chi connectivity index (χ4n) is 3.05. The molecule has 24 heavy (non-hydrogen) atoms. The first kappa shape index (κ1) is 16.6. The summed E-state index contributed by atoms with van der Waals surface area (Å²) >= 11 is 0.